The van der Waals surface area contributed by atoms with Gasteiger partial charge < -0.3 is 0 Å². The van der Waals surface area contributed by atoms with E-state index in [0.29, 0.717) is 18.4 Å². The van der Waals surface area contributed by atoms with Crippen molar-refractivity contribution < 1.29 is 13.9 Å². The van der Waals surface area contributed by atoms with Crippen LogP contribution in [-0.4, -0.2) is 6.61 Å². The first-order chi connectivity index (χ1) is 5.74. The molecule has 0 N–H and O–H groups in total. The summed E-state index contributed by atoms with van der Waals surface area (Å²) in [7, 11) is 0. The molecule has 0 bridgehead atoms. The molecule has 0 aliphatic carbocycles. The zero-order valence-electron chi connectivity index (χ0n) is 6.52. The maximum absolute atomic E-state index is 12.8. The van der Waals surface area contributed by atoms with Gasteiger partial charge in [-0.3, -0.25) is 0 Å². The molecule has 12 heavy (non-hydrogen) atoms. The topological polar surface area (TPSA) is 19.9 Å². The first-order valence-electron chi connectivity index (χ1n) is 3.76. The second kappa shape index (κ2) is 4.16. The quantitative estimate of drug-likeness (QED) is 0.665. The summed E-state index contributed by atoms with van der Waals surface area (Å²) in [4.78, 5) is 0. The highest BCUT2D eigenvalue weighted by Gasteiger charge is 2.02. The van der Waals surface area contributed by atoms with E-state index in [2.05, 4.69) is 0 Å². The van der Waals surface area contributed by atoms with Crippen LogP contribution in [0.2, 0.25) is 0 Å². The first-order valence-corrected chi connectivity index (χ1v) is 3.76. The van der Waals surface area contributed by atoms with Gasteiger partial charge in [-0.2, -0.15) is 0 Å². The molecule has 0 amide bonds. The molecule has 0 saturated heterocycles. The Labute approximate surface area is 69.7 Å². The van der Waals surface area contributed by atoms with Gasteiger partial charge in [-0.15, -0.1) is 0 Å². The number of benzene rings is 1. The average molecular weight is 171 g/mol. The molecule has 0 aromatic heterocycles. The van der Waals surface area contributed by atoms with Gasteiger partial charge in [0.15, 0.2) is 0 Å². The lowest BCUT2D eigenvalue weighted by atomic mass is 10.1. The Balaban J connectivity index is 2.72. The Morgan fingerprint density at radius 1 is 1.25 bits per heavy atom. The molecule has 1 aromatic carbocycles. The van der Waals surface area contributed by atoms with Gasteiger partial charge >= 0.3 is 0 Å². The lowest BCUT2D eigenvalue weighted by molar-refractivity contribution is 0.189. The molecule has 1 radical (unpaired) electrons. The number of aryl methyl sites for hydroxylation is 1. The molecule has 65 valence electrons. The standard InChI is InChI=1S/C9H9F2O/c10-8-4-3-7(2-1-5-12)9(11)6-8/h3-4,6H,1-2,5H2. The van der Waals surface area contributed by atoms with Crippen molar-refractivity contribution in [1.29, 1.82) is 0 Å². The van der Waals surface area contributed by atoms with Crippen LogP contribution < -0.4 is 0 Å². The summed E-state index contributed by atoms with van der Waals surface area (Å²) in [5, 5.41) is 10.1. The van der Waals surface area contributed by atoms with Crippen molar-refractivity contribution in [2.75, 3.05) is 6.61 Å². The fourth-order valence-electron chi connectivity index (χ4n) is 0.987. The minimum absolute atomic E-state index is 0.225. The van der Waals surface area contributed by atoms with Crippen LogP contribution in [0.1, 0.15) is 12.0 Å². The lowest BCUT2D eigenvalue weighted by Crippen LogP contribution is -1.93. The van der Waals surface area contributed by atoms with Crippen LogP contribution in [0.3, 0.4) is 0 Å². The Kier molecular flexibility index (Phi) is 3.17. The predicted octanol–water partition coefficient (Wildman–Crippen LogP) is 2.33. The van der Waals surface area contributed by atoms with E-state index in [1.165, 1.54) is 12.1 Å². The van der Waals surface area contributed by atoms with Gasteiger partial charge in [0.25, 0.3) is 0 Å². The number of hydrogen-bond acceptors (Lipinski definition) is 0. The van der Waals surface area contributed by atoms with E-state index in [1.54, 1.807) is 0 Å². The number of rotatable bonds is 3. The van der Waals surface area contributed by atoms with Gasteiger partial charge in [-0.05, 0) is 24.5 Å². The largest absolute Gasteiger partial charge is 0.237 e. The highest BCUT2D eigenvalue weighted by Crippen LogP contribution is 2.10. The minimum Gasteiger partial charge on any atom is -0.237 e. The maximum Gasteiger partial charge on any atom is 0.129 e. The van der Waals surface area contributed by atoms with Gasteiger partial charge in [0.05, 0.1) is 6.61 Å². The van der Waals surface area contributed by atoms with Crippen molar-refractivity contribution in [3.63, 3.8) is 0 Å². The van der Waals surface area contributed by atoms with Gasteiger partial charge in [-0.25, -0.2) is 13.9 Å². The van der Waals surface area contributed by atoms with E-state index in [1.807, 2.05) is 0 Å². The fraction of sp³-hybridized carbons (Fsp3) is 0.333. The highest BCUT2D eigenvalue weighted by atomic mass is 19.1. The molecule has 0 fully saturated rings. The summed E-state index contributed by atoms with van der Waals surface area (Å²) in [5.74, 6) is -1.15. The van der Waals surface area contributed by atoms with E-state index >= 15 is 0 Å². The highest BCUT2D eigenvalue weighted by molar-refractivity contribution is 5.18. The van der Waals surface area contributed by atoms with Crippen molar-refractivity contribution >= 4 is 0 Å². The second-order valence-corrected chi connectivity index (χ2v) is 2.54. The lowest BCUT2D eigenvalue weighted by Gasteiger charge is -2.00. The monoisotopic (exact) mass is 171 g/mol. The first kappa shape index (κ1) is 9.13. The van der Waals surface area contributed by atoms with E-state index in [0.717, 1.165) is 6.07 Å². The van der Waals surface area contributed by atoms with Crippen molar-refractivity contribution in [3.8, 4) is 0 Å². The van der Waals surface area contributed by atoms with E-state index in [4.69, 9.17) is 0 Å². The zero-order valence-corrected chi connectivity index (χ0v) is 6.52. The van der Waals surface area contributed by atoms with Gasteiger partial charge in [0.2, 0.25) is 0 Å². The fourth-order valence-corrected chi connectivity index (χ4v) is 0.987. The number of halogens is 2. The van der Waals surface area contributed by atoms with Gasteiger partial charge in [-0.1, -0.05) is 6.07 Å². The van der Waals surface area contributed by atoms with Gasteiger partial charge in [0.1, 0.15) is 11.6 Å². The molecular weight excluding hydrogens is 162 g/mol. The number of hydrogen-bond donors (Lipinski definition) is 0. The summed E-state index contributed by atoms with van der Waals surface area (Å²) in [6.07, 6.45) is 0.776. The molecule has 0 spiro atoms. The molecule has 0 heterocycles. The van der Waals surface area contributed by atoms with E-state index in [9.17, 15) is 13.9 Å². The summed E-state index contributed by atoms with van der Waals surface area (Å²) < 4.78 is 25.2. The summed E-state index contributed by atoms with van der Waals surface area (Å²) in [5.41, 5.74) is 0.409. The summed E-state index contributed by atoms with van der Waals surface area (Å²) in [6.45, 7) is -0.225. The van der Waals surface area contributed by atoms with E-state index < -0.39 is 11.6 Å². The molecule has 3 heteroatoms. The summed E-state index contributed by atoms with van der Waals surface area (Å²) in [6, 6.07) is 3.41. The van der Waals surface area contributed by atoms with Crippen LogP contribution in [0.4, 0.5) is 8.78 Å². The Hall–Kier alpha value is -0.960. The maximum atomic E-state index is 12.8. The van der Waals surface area contributed by atoms with Crippen molar-refractivity contribution in [3.05, 3.63) is 35.4 Å². The molecule has 0 aliphatic heterocycles. The third kappa shape index (κ3) is 2.27. The molecule has 0 aliphatic rings. The molecule has 0 unspecified atom stereocenters. The Morgan fingerprint density at radius 2 is 2.00 bits per heavy atom. The normalized spacial score (nSPS) is 10.2. The van der Waals surface area contributed by atoms with Crippen LogP contribution in [0.5, 0.6) is 0 Å². The molecule has 1 rings (SSSR count). The Bertz CT molecular complexity index is 261. The van der Waals surface area contributed by atoms with Crippen LogP contribution in [0.15, 0.2) is 18.2 Å². The van der Waals surface area contributed by atoms with Crippen LogP contribution in [-0.2, 0) is 11.5 Å². The predicted molar refractivity (Wildman–Crippen MR) is 40.2 cm³/mol. The van der Waals surface area contributed by atoms with E-state index in [-0.39, 0.29) is 6.61 Å². The second-order valence-electron chi connectivity index (χ2n) is 2.54. The molecule has 0 atom stereocenters. The van der Waals surface area contributed by atoms with Gasteiger partial charge in [0, 0.05) is 6.07 Å². The molecular formula is C9H9F2O. The van der Waals surface area contributed by atoms with Crippen molar-refractivity contribution in [2.45, 2.75) is 12.8 Å². The third-order valence-electron chi connectivity index (χ3n) is 1.61. The molecule has 1 aromatic rings. The smallest absolute Gasteiger partial charge is 0.129 e. The summed E-state index contributed by atoms with van der Waals surface area (Å²) >= 11 is 0. The zero-order chi connectivity index (χ0) is 8.97. The van der Waals surface area contributed by atoms with Crippen LogP contribution >= 0.6 is 0 Å². The molecule has 1 nitrogen and oxygen atoms in total. The molecule has 0 saturated carbocycles. The Morgan fingerprint density at radius 3 is 2.58 bits per heavy atom. The minimum atomic E-state index is -0.585. The SMILES string of the molecule is [O]CCCc1ccc(F)cc1F. The van der Waals surface area contributed by atoms with Crippen LogP contribution in [0.25, 0.3) is 0 Å². The average Bonchev–Trinajstić information content (AvgIpc) is 2.03. The van der Waals surface area contributed by atoms with Crippen molar-refractivity contribution in [2.24, 2.45) is 0 Å². The van der Waals surface area contributed by atoms with Crippen molar-refractivity contribution in [1.82, 2.24) is 0 Å². The third-order valence-corrected chi connectivity index (χ3v) is 1.61. The van der Waals surface area contributed by atoms with Crippen LogP contribution in [0, 0.1) is 11.6 Å².